The van der Waals surface area contributed by atoms with Crippen molar-refractivity contribution in [1.29, 1.82) is 0 Å². The third-order valence-corrected chi connectivity index (χ3v) is 4.24. The van der Waals surface area contributed by atoms with Gasteiger partial charge >= 0.3 is 0 Å². The van der Waals surface area contributed by atoms with E-state index in [1.165, 1.54) is 0 Å². The Morgan fingerprint density at radius 1 is 1.19 bits per heavy atom. The van der Waals surface area contributed by atoms with Gasteiger partial charge in [0.2, 0.25) is 0 Å². The molecule has 0 aromatic carbocycles. The van der Waals surface area contributed by atoms with Crippen LogP contribution in [0.2, 0.25) is 0 Å². The van der Waals surface area contributed by atoms with Crippen LogP contribution in [0.1, 0.15) is 52.3 Å². The normalized spacial score (nSPS) is 22.6. The monoisotopic (exact) mass is 291 g/mol. The fourth-order valence-electron chi connectivity index (χ4n) is 3.00. The van der Waals surface area contributed by atoms with Gasteiger partial charge in [-0.2, -0.15) is 0 Å². The number of aromatic nitrogens is 2. The lowest BCUT2D eigenvalue weighted by Gasteiger charge is -2.35. The van der Waals surface area contributed by atoms with Gasteiger partial charge in [0.25, 0.3) is 0 Å². The first-order valence-corrected chi connectivity index (χ1v) is 7.85. The maximum Gasteiger partial charge on any atom is 0.168 e. The van der Waals surface area contributed by atoms with Gasteiger partial charge in [-0.05, 0) is 18.9 Å². The summed E-state index contributed by atoms with van der Waals surface area (Å²) in [5.74, 6) is 1.51. The van der Waals surface area contributed by atoms with Crippen molar-refractivity contribution >= 4 is 5.82 Å². The predicted octanol–water partition coefficient (Wildman–Crippen LogP) is 2.87. The second-order valence-electron chi connectivity index (χ2n) is 7.04. The largest absolute Gasteiger partial charge is 0.367 e. The molecule has 0 unspecified atom stereocenters. The van der Waals surface area contributed by atoms with E-state index in [0.717, 1.165) is 50.5 Å². The summed E-state index contributed by atoms with van der Waals surface area (Å²) in [6.45, 7) is 7.86. The van der Waals surface area contributed by atoms with E-state index >= 15 is 0 Å². The molecule has 3 rings (SSSR count). The number of anilines is 1. The molecule has 1 saturated carbocycles. The first-order valence-electron chi connectivity index (χ1n) is 7.85. The van der Waals surface area contributed by atoms with Gasteiger partial charge in [0.1, 0.15) is 11.6 Å². The topological polar surface area (TPSA) is 56.3 Å². The molecule has 0 bridgehead atoms. The molecule has 1 spiro atoms. The van der Waals surface area contributed by atoms with E-state index in [2.05, 4.69) is 36.1 Å². The van der Waals surface area contributed by atoms with Crippen LogP contribution in [0, 0.1) is 0 Å². The van der Waals surface area contributed by atoms with E-state index in [1.807, 2.05) is 12.3 Å². The highest BCUT2D eigenvalue weighted by Crippen LogP contribution is 2.36. The third kappa shape index (κ3) is 3.35. The number of nitrogens with zero attached hydrogens (tertiary/aromatic N) is 2. The molecule has 116 valence electrons. The van der Waals surface area contributed by atoms with Crippen molar-refractivity contribution in [2.75, 3.05) is 18.5 Å². The van der Waals surface area contributed by atoms with Crippen molar-refractivity contribution in [3.63, 3.8) is 0 Å². The molecule has 0 radical (unpaired) electrons. The van der Waals surface area contributed by atoms with E-state index in [4.69, 9.17) is 9.47 Å². The molecule has 1 aliphatic heterocycles. The quantitative estimate of drug-likeness (QED) is 0.908. The maximum atomic E-state index is 5.77. The summed E-state index contributed by atoms with van der Waals surface area (Å²) >= 11 is 0. The Morgan fingerprint density at radius 3 is 2.48 bits per heavy atom. The summed E-state index contributed by atoms with van der Waals surface area (Å²) in [5.41, 5.74) is -0.0279. The highest BCUT2D eigenvalue weighted by molar-refractivity contribution is 5.35. The fraction of sp³-hybridized carbons (Fsp3) is 0.750. The minimum Gasteiger partial charge on any atom is -0.367 e. The van der Waals surface area contributed by atoms with Crippen LogP contribution >= 0.6 is 0 Å². The summed E-state index contributed by atoms with van der Waals surface area (Å²) in [7, 11) is 0. The van der Waals surface area contributed by atoms with Crippen molar-refractivity contribution in [1.82, 2.24) is 9.97 Å². The van der Waals surface area contributed by atoms with Crippen molar-refractivity contribution in [2.45, 2.75) is 63.7 Å². The van der Waals surface area contributed by atoms with Crippen LogP contribution in [0.3, 0.4) is 0 Å². The van der Waals surface area contributed by atoms with Crippen molar-refractivity contribution in [3.8, 4) is 0 Å². The Bertz CT molecular complexity index is 483. The van der Waals surface area contributed by atoms with E-state index in [0.29, 0.717) is 6.04 Å². The molecule has 1 aromatic heterocycles. The predicted molar refractivity (Wildman–Crippen MR) is 81.2 cm³/mol. The Morgan fingerprint density at radius 2 is 1.86 bits per heavy atom. The molecule has 1 N–H and O–H groups in total. The SMILES string of the molecule is CC(C)(C)c1nccc(NC2CCC3(CC2)OCCO3)n1. The van der Waals surface area contributed by atoms with Gasteiger partial charge in [-0.25, -0.2) is 9.97 Å². The molecule has 2 heterocycles. The van der Waals surface area contributed by atoms with E-state index in [9.17, 15) is 0 Å². The molecular weight excluding hydrogens is 266 g/mol. The van der Waals surface area contributed by atoms with Crippen LogP contribution in [-0.2, 0) is 14.9 Å². The molecule has 2 fully saturated rings. The summed E-state index contributed by atoms with van der Waals surface area (Å²) in [6.07, 6.45) is 5.86. The third-order valence-electron chi connectivity index (χ3n) is 4.24. The first-order chi connectivity index (χ1) is 9.97. The Hall–Kier alpha value is -1.20. The summed E-state index contributed by atoms with van der Waals surface area (Å²) < 4.78 is 11.5. The molecular formula is C16H25N3O2. The molecule has 1 saturated heterocycles. The van der Waals surface area contributed by atoms with Crippen LogP contribution in [-0.4, -0.2) is 35.0 Å². The lowest BCUT2D eigenvalue weighted by atomic mass is 9.90. The smallest absolute Gasteiger partial charge is 0.168 e. The van der Waals surface area contributed by atoms with E-state index in [1.54, 1.807) is 0 Å². The molecule has 0 amide bonds. The zero-order chi connectivity index (χ0) is 14.9. The van der Waals surface area contributed by atoms with Crippen LogP contribution < -0.4 is 5.32 Å². The van der Waals surface area contributed by atoms with Gasteiger partial charge in [0.15, 0.2) is 5.79 Å². The van der Waals surface area contributed by atoms with Crippen LogP contribution in [0.5, 0.6) is 0 Å². The summed E-state index contributed by atoms with van der Waals surface area (Å²) in [6, 6.07) is 2.38. The van der Waals surface area contributed by atoms with Crippen molar-refractivity contribution in [3.05, 3.63) is 18.1 Å². The Labute approximate surface area is 126 Å². The Kier molecular flexibility index (Phi) is 3.88. The Balaban J connectivity index is 1.60. The number of hydrogen-bond donors (Lipinski definition) is 1. The fourth-order valence-corrected chi connectivity index (χ4v) is 3.00. The van der Waals surface area contributed by atoms with Gasteiger partial charge in [0.05, 0.1) is 13.2 Å². The van der Waals surface area contributed by atoms with Crippen molar-refractivity contribution < 1.29 is 9.47 Å². The molecule has 2 aliphatic rings. The minimum atomic E-state index is -0.291. The van der Waals surface area contributed by atoms with Gasteiger partial charge in [0, 0.05) is 30.5 Å². The lowest BCUT2D eigenvalue weighted by Crippen LogP contribution is -2.39. The number of ether oxygens (including phenoxy) is 2. The second-order valence-corrected chi connectivity index (χ2v) is 7.04. The molecule has 21 heavy (non-hydrogen) atoms. The lowest BCUT2D eigenvalue weighted by molar-refractivity contribution is -0.177. The minimum absolute atomic E-state index is 0.0279. The zero-order valence-electron chi connectivity index (χ0n) is 13.2. The molecule has 0 atom stereocenters. The highest BCUT2D eigenvalue weighted by atomic mass is 16.7. The maximum absolute atomic E-state index is 5.77. The van der Waals surface area contributed by atoms with Crippen LogP contribution in [0.4, 0.5) is 5.82 Å². The molecule has 5 heteroatoms. The number of hydrogen-bond acceptors (Lipinski definition) is 5. The van der Waals surface area contributed by atoms with E-state index < -0.39 is 0 Å². The second kappa shape index (κ2) is 5.54. The van der Waals surface area contributed by atoms with E-state index in [-0.39, 0.29) is 11.2 Å². The standard InChI is InChI=1S/C16H25N3O2/c1-15(2,3)14-17-9-6-13(19-14)18-12-4-7-16(8-5-12)20-10-11-21-16/h6,9,12H,4-5,7-8,10-11H2,1-3H3,(H,17,18,19). The zero-order valence-corrected chi connectivity index (χ0v) is 13.2. The molecule has 5 nitrogen and oxygen atoms in total. The van der Waals surface area contributed by atoms with Gasteiger partial charge in [-0.3, -0.25) is 0 Å². The highest BCUT2D eigenvalue weighted by Gasteiger charge is 2.40. The van der Waals surface area contributed by atoms with Crippen LogP contribution in [0.25, 0.3) is 0 Å². The van der Waals surface area contributed by atoms with Gasteiger partial charge < -0.3 is 14.8 Å². The average Bonchev–Trinajstić information content (AvgIpc) is 2.90. The van der Waals surface area contributed by atoms with Gasteiger partial charge in [-0.15, -0.1) is 0 Å². The molecule has 1 aromatic rings. The summed E-state index contributed by atoms with van der Waals surface area (Å²) in [5, 5.41) is 3.54. The number of rotatable bonds is 2. The summed E-state index contributed by atoms with van der Waals surface area (Å²) in [4.78, 5) is 9.01. The number of nitrogens with one attached hydrogen (secondary N) is 1. The van der Waals surface area contributed by atoms with Crippen LogP contribution in [0.15, 0.2) is 12.3 Å². The molecule has 1 aliphatic carbocycles. The van der Waals surface area contributed by atoms with Gasteiger partial charge in [-0.1, -0.05) is 20.8 Å². The van der Waals surface area contributed by atoms with Crippen molar-refractivity contribution in [2.24, 2.45) is 0 Å². The average molecular weight is 291 g/mol. The first kappa shape index (κ1) is 14.7.